The van der Waals surface area contributed by atoms with Crippen molar-refractivity contribution >= 4 is 34.5 Å². The van der Waals surface area contributed by atoms with E-state index in [1.165, 1.54) is 59.2 Å². The summed E-state index contributed by atoms with van der Waals surface area (Å²) in [5.41, 5.74) is 3.27. The molecule has 4 aromatic rings. The third-order valence-electron chi connectivity index (χ3n) is 6.69. The van der Waals surface area contributed by atoms with Gasteiger partial charge in [-0.2, -0.15) is 4.99 Å². The maximum absolute atomic E-state index is 14.9. The van der Waals surface area contributed by atoms with E-state index in [-0.39, 0.29) is 17.2 Å². The van der Waals surface area contributed by atoms with Gasteiger partial charge in [0.15, 0.2) is 11.0 Å². The number of thioether (sulfide) groups is 1. The molecule has 0 radical (unpaired) electrons. The van der Waals surface area contributed by atoms with Crippen LogP contribution in [0, 0.1) is 0 Å². The fraction of sp³-hybridized carbons (Fsp3) is 0.226. The standard InChI is InChI=1S/C31H28F4N6O3S/c1-19(2)25-16-24(43-3)12-13-27(25)40-14-15-45-30(40)38-29(42)36-17-26(32)20-4-6-21(7-5-20)28-37-18-41(39-28)22-8-10-23(11-9-22)44-31(33,34)35/h4-13,16-19H,14-15H2,1-3H3,(H,36,42)/b26-17-,38-30?. The Balaban J connectivity index is 1.23. The van der Waals surface area contributed by atoms with E-state index in [0.717, 1.165) is 29.0 Å². The number of carbonyl (C=O) groups is 1. The highest BCUT2D eigenvalue weighted by Gasteiger charge is 2.31. The lowest BCUT2D eigenvalue weighted by atomic mass is 10.00. The van der Waals surface area contributed by atoms with E-state index in [1.54, 1.807) is 19.2 Å². The van der Waals surface area contributed by atoms with Crippen molar-refractivity contribution in [2.45, 2.75) is 26.1 Å². The number of aromatic nitrogens is 3. The van der Waals surface area contributed by atoms with E-state index in [1.807, 2.05) is 23.1 Å². The summed E-state index contributed by atoms with van der Waals surface area (Å²) in [6.45, 7) is 4.84. The first kappa shape index (κ1) is 31.6. The lowest BCUT2D eigenvalue weighted by Gasteiger charge is -2.23. The molecule has 14 heteroatoms. The van der Waals surface area contributed by atoms with Crippen molar-refractivity contribution in [2.75, 3.05) is 24.3 Å². The van der Waals surface area contributed by atoms with Crippen LogP contribution in [0.5, 0.6) is 11.5 Å². The molecular weight excluding hydrogens is 612 g/mol. The number of carbonyl (C=O) groups excluding carboxylic acids is 1. The number of ether oxygens (including phenoxy) is 2. The van der Waals surface area contributed by atoms with Crippen LogP contribution in [0.3, 0.4) is 0 Å². The highest BCUT2D eigenvalue weighted by molar-refractivity contribution is 8.14. The second kappa shape index (κ2) is 13.4. The van der Waals surface area contributed by atoms with E-state index in [4.69, 9.17) is 4.74 Å². The monoisotopic (exact) mass is 640 g/mol. The van der Waals surface area contributed by atoms with Crippen LogP contribution in [0.1, 0.15) is 30.9 Å². The molecule has 1 N–H and O–H groups in total. The van der Waals surface area contributed by atoms with Gasteiger partial charge >= 0.3 is 12.4 Å². The van der Waals surface area contributed by atoms with E-state index in [9.17, 15) is 22.4 Å². The number of aliphatic imine (C=N–C) groups is 1. The maximum atomic E-state index is 14.9. The molecule has 0 spiro atoms. The van der Waals surface area contributed by atoms with Crippen LogP contribution in [0.2, 0.25) is 0 Å². The smallest absolute Gasteiger partial charge is 0.497 e. The molecule has 1 saturated heterocycles. The second-order valence-corrected chi connectivity index (χ2v) is 11.1. The fourth-order valence-electron chi connectivity index (χ4n) is 4.51. The number of urea groups is 1. The number of amides is 2. The van der Waals surface area contributed by atoms with Crippen molar-refractivity contribution < 1.29 is 31.8 Å². The SMILES string of the molecule is COc1ccc(N2CCSC2=NC(=O)N/C=C(\F)c2ccc(-c3ncn(-c4ccc(OC(F)(F)F)cc4)n3)cc2)c(C(C)C)c1. The number of amidine groups is 1. The summed E-state index contributed by atoms with van der Waals surface area (Å²) in [7, 11) is 1.61. The zero-order chi connectivity index (χ0) is 32.1. The van der Waals surface area contributed by atoms with E-state index in [2.05, 4.69) is 39.0 Å². The molecule has 5 rings (SSSR count). The summed E-state index contributed by atoms with van der Waals surface area (Å²) in [4.78, 5) is 23.0. The molecule has 0 saturated carbocycles. The van der Waals surface area contributed by atoms with Crippen LogP contribution in [0.15, 0.2) is 84.2 Å². The summed E-state index contributed by atoms with van der Waals surface area (Å²) >= 11 is 1.45. The largest absolute Gasteiger partial charge is 0.573 e. The number of halogens is 4. The number of alkyl halides is 3. The molecule has 2 amide bonds. The average Bonchev–Trinajstić information content (AvgIpc) is 3.69. The van der Waals surface area contributed by atoms with Crippen LogP contribution in [0.4, 0.5) is 28.0 Å². The number of hydrogen-bond donors (Lipinski definition) is 1. The lowest BCUT2D eigenvalue weighted by molar-refractivity contribution is -0.274. The summed E-state index contributed by atoms with van der Waals surface area (Å²) in [5.74, 6) is 1.01. The Labute approximate surface area is 260 Å². The molecule has 234 valence electrons. The number of anilines is 1. The molecule has 1 aliphatic rings. The van der Waals surface area contributed by atoms with E-state index in [0.29, 0.717) is 28.8 Å². The Bertz CT molecular complexity index is 1720. The molecule has 2 heterocycles. The van der Waals surface area contributed by atoms with Gasteiger partial charge in [0.1, 0.15) is 23.7 Å². The summed E-state index contributed by atoms with van der Waals surface area (Å²) < 4.78 is 62.7. The molecule has 45 heavy (non-hydrogen) atoms. The molecule has 0 unspecified atom stereocenters. The second-order valence-electron chi connectivity index (χ2n) is 10.0. The number of benzene rings is 3. The van der Waals surface area contributed by atoms with E-state index < -0.39 is 18.2 Å². The molecule has 1 aliphatic heterocycles. The highest BCUT2D eigenvalue weighted by atomic mass is 32.2. The summed E-state index contributed by atoms with van der Waals surface area (Å²) in [6, 6.07) is 16.5. The minimum atomic E-state index is -4.78. The van der Waals surface area contributed by atoms with Gasteiger partial charge in [-0.1, -0.05) is 49.9 Å². The number of rotatable bonds is 8. The lowest BCUT2D eigenvalue weighted by Crippen LogP contribution is -2.27. The van der Waals surface area contributed by atoms with Gasteiger partial charge < -0.3 is 19.7 Å². The van der Waals surface area contributed by atoms with Crippen LogP contribution in [-0.4, -0.2) is 51.7 Å². The van der Waals surface area contributed by atoms with Crippen molar-refractivity contribution in [3.63, 3.8) is 0 Å². The van der Waals surface area contributed by atoms with Gasteiger partial charge in [-0.3, -0.25) is 0 Å². The number of nitrogens with one attached hydrogen (secondary N) is 1. The quantitative estimate of drug-likeness (QED) is 0.199. The van der Waals surface area contributed by atoms with Gasteiger partial charge in [0.25, 0.3) is 0 Å². The molecule has 0 aliphatic carbocycles. The molecule has 1 fully saturated rings. The van der Waals surface area contributed by atoms with Gasteiger partial charge in [0.05, 0.1) is 12.8 Å². The minimum Gasteiger partial charge on any atom is -0.497 e. The third kappa shape index (κ3) is 7.81. The van der Waals surface area contributed by atoms with Crippen molar-refractivity contribution in [1.29, 1.82) is 0 Å². The Morgan fingerprint density at radius 3 is 2.44 bits per heavy atom. The van der Waals surface area contributed by atoms with Crippen LogP contribution >= 0.6 is 11.8 Å². The molecule has 0 bridgehead atoms. The molecule has 3 aromatic carbocycles. The fourth-order valence-corrected chi connectivity index (χ4v) is 5.46. The topological polar surface area (TPSA) is 93.9 Å². The van der Waals surface area contributed by atoms with Gasteiger partial charge in [-0.05, 0) is 53.9 Å². The first-order chi connectivity index (χ1) is 21.5. The predicted molar refractivity (Wildman–Crippen MR) is 165 cm³/mol. The van der Waals surface area contributed by atoms with Crippen molar-refractivity contribution in [2.24, 2.45) is 4.99 Å². The maximum Gasteiger partial charge on any atom is 0.573 e. The number of nitrogens with zero attached hydrogens (tertiary/aromatic N) is 5. The summed E-state index contributed by atoms with van der Waals surface area (Å²) in [6.07, 6.45) is -2.42. The molecule has 9 nitrogen and oxygen atoms in total. The highest BCUT2D eigenvalue weighted by Crippen LogP contribution is 2.35. The normalized spacial score (nSPS) is 14.7. The molecular formula is C31H28F4N6O3S. The van der Waals surface area contributed by atoms with Crippen LogP contribution in [0.25, 0.3) is 22.9 Å². The minimum absolute atomic E-state index is 0.211. The van der Waals surface area contributed by atoms with Crippen molar-refractivity contribution in [3.8, 4) is 28.6 Å². The first-order valence-electron chi connectivity index (χ1n) is 13.7. The number of methoxy groups -OCH3 is 1. The Hall–Kier alpha value is -4.85. The van der Waals surface area contributed by atoms with Crippen molar-refractivity contribution in [1.82, 2.24) is 20.1 Å². The molecule has 1 aromatic heterocycles. The van der Waals surface area contributed by atoms with Crippen molar-refractivity contribution in [3.05, 3.63) is 90.4 Å². The Morgan fingerprint density at radius 2 is 1.78 bits per heavy atom. The van der Waals surface area contributed by atoms with Gasteiger partial charge in [-0.25, -0.2) is 18.9 Å². The average molecular weight is 641 g/mol. The van der Waals surface area contributed by atoms with E-state index >= 15 is 0 Å². The van der Waals surface area contributed by atoms with Gasteiger partial charge in [-0.15, -0.1) is 18.3 Å². The van der Waals surface area contributed by atoms with Gasteiger partial charge in [0.2, 0.25) is 0 Å². The predicted octanol–water partition coefficient (Wildman–Crippen LogP) is 7.55. The van der Waals surface area contributed by atoms with Crippen LogP contribution < -0.4 is 19.7 Å². The number of hydrogen-bond acceptors (Lipinski definition) is 6. The van der Waals surface area contributed by atoms with Gasteiger partial charge in [0, 0.05) is 35.3 Å². The third-order valence-corrected chi connectivity index (χ3v) is 7.65. The zero-order valence-electron chi connectivity index (χ0n) is 24.4. The molecule has 0 atom stereocenters. The first-order valence-corrected chi connectivity index (χ1v) is 14.7. The summed E-state index contributed by atoms with van der Waals surface area (Å²) in [5, 5.41) is 7.26. The Kier molecular flexibility index (Phi) is 9.42. The zero-order valence-corrected chi connectivity index (χ0v) is 25.2. The van der Waals surface area contributed by atoms with Crippen LogP contribution in [-0.2, 0) is 0 Å². The Morgan fingerprint density at radius 1 is 1.07 bits per heavy atom.